The molecular formula is C12H13ClN4O. The number of nitrogens with one attached hydrogen (secondary N) is 1. The van der Waals surface area contributed by atoms with E-state index in [1.54, 1.807) is 16.9 Å². The Morgan fingerprint density at radius 3 is 2.94 bits per heavy atom. The van der Waals surface area contributed by atoms with E-state index in [2.05, 4.69) is 15.4 Å². The van der Waals surface area contributed by atoms with Gasteiger partial charge in [-0.2, -0.15) is 5.10 Å². The van der Waals surface area contributed by atoms with Crippen molar-refractivity contribution in [1.29, 1.82) is 0 Å². The Kier molecular flexibility index (Phi) is 3.62. The molecule has 6 heteroatoms. The second-order valence-corrected chi connectivity index (χ2v) is 4.32. The fourth-order valence-electron chi connectivity index (χ4n) is 1.54. The maximum Gasteiger partial charge on any atom is 0.251 e. The fraction of sp³-hybridized carbons (Fsp3) is 0.250. The zero-order chi connectivity index (χ0) is 13.1. The number of aryl methyl sites for hydroxylation is 1. The Morgan fingerprint density at radius 2 is 2.33 bits per heavy atom. The molecule has 0 fully saturated rings. The van der Waals surface area contributed by atoms with Crippen molar-refractivity contribution in [2.75, 3.05) is 0 Å². The van der Waals surface area contributed by atoms with Gasteiger partial charge in [0.25, 0.3) is 5.91 Å². The standard InChI is InChI=1S/C12H13ClN4O/c1-8-10(7-16-17(8)2)6-15-12(18)9-3-4-14-11(13)5-9/h3-5,7H,6H2,1-2H3,(H,15,18). The van der Waals surface area contributed by atoms with E-state index in [4.69, 9.17) is 11.6 Å². The van der Waals surface area contributed by atoms with Crippen LogP contribution < -0.4 is 5.32 Å². The van der Waals surface area contributed by atoms with Crippen molar-refractivity contribution in [2.45, 2.75) is 13.5 Å². The first-order valence-electron chi connectivity index (χ1n) is 5.45. The molecule has 18 heavy (non-hydrogen) atoms. The number of hydrogen-bond donors (Lipinski definition) is 1. The number of aromatic nitrogens is 3. The van der Waals surface area contributed by atoms with E-state index in [0.717, 1.165) is 11.3 Å². The Labute approximate surface area is 110 Å². The minimum Gasteiger partial charge on any atom is -0.348 e. The van der Waals surface area contributed by atoms with Gasteiger partial charge in [0.05, 0.1) is 6.20 Å². The molecule has 0 saturated heterocycles. The maximum absolute atomic E-state index is 11.9. The SMILES string of the molecule is Cc1c(CNC(=O)c2ccnc(Cl)c2)cnn1C. The third-order valence-electron chi connectivity index (χ3n) is 2.77. The van der Waals surface area contributed by atoms with Gasteiger partial charge in [-0.05, 0) is 19.1 Å². The minimum absolute atomic E-state index is 0.178. The van der Waals surface area contributed by atoms with Crippen LogP contribution in [0.3, 0.4) is 0 Å². The normalized spacial score (nSPS) is 10.4. The highest BCUT2D eigenvalue weighted by Crippen LogP contribution is 2.08. The summed E-state index contributed by atoms with van der Waals surface area (Å²) >= 11 is 5.73. The molecule has 0 atom stereocenters. The van der Waals surface area contributed by atoms with Crippen LogP contribution in [-0.2, 0) is 13.6 Å². The number of rotatable bonds is 3. The molecule has 0 saturated carbocycles. The van der Waals surface area contributed by atoms with Gasteiger partial charge in [0.2, 0.25) is 0 Å². The third-order valence-corrected chi connectivity index (χ3v) is 2.97. The predicted molar refractivity (Wildman–Crippen MR) is 68.4 cm³/mol. The van der Waals surface area contributed by atoms with E-state index >= 15 is 0 Å². The van der Waals surface area contributed by atoms with Crippen LogP contribution in [0.4, 0.5) is 0 Å². The first-order valence-corrected chi connectivity index (χ1v) is 5.83. The summed E-state index contributed by atoms with van der Waals surface area (Å²) in [6, 6.07) is 3.16. The van der Waals surface area contributed by atoms with Gasteiger partial charge in [-0.1, -0.05) is 11.6 Å². The van der Waals surface area contributed by atoms with Crippen molar-refractivity contribution >= 4 is 17.5 Å². The van der Waals surface area contributed by atoms with Crippen molar-refractivity contribution in [3.8, 4) is 0 Å². The van der Waals surface area contributed by atoms with Crippen LogP contribution in [0.15, 0.2) is 24.5 Å². The smallest absolute Gasteiger partial charge is 0.251 e. The van der Waals surface area contributed by atoms with Crippen molar-refractivity contribution < 1.29 is 4.79 Å². The third kappa shape index (κ3) is 2.68. The molecule has 0 aliphatic heterocycles. The van der Waals surface area contributed by atoms with E-state index < -0.39 is 0 Å². The number of carbonyl (C=O) groups is 1. The van der Waals surface area contributed by atoms with Gasteiger partial charge >= 0.3 is 0 Å². The number of pyridine rings is 1. The summed E-state index contributed by atoms with van der Waals surface area (Å²) in [5.41, 5.74) is 2.52. The molecule has 0 radical (unpaired) electrons. The summed E-state index contributed by atoms with van der Waals surface area (Å²) in [6.07, 6.45) is 3.25. The molecule has 0 unspecified atom stereocenters. The molecule has 2 aromatic rings. The van der Waals surface area contributed by atoms with Crippen molar-refractivity contribution in [2.24, 2.45) is 7.05 Å². The molecule has 0 bridgehead atoms. The van der Waals surface area contributed by atoms with Crippen LogP contribution in [0, 0.1) is 6.92 Å². The zero-order valence-electron chi connectivity index (χ0n) is 10.1. The minimum atomic E-state index is -0.178. The largest absolute Gasteiger partial charge is 0.348 e. The highest BCUT2D eigenvalue weighted by molar-refractivity contribution is 6.29. The average molecular weight is 265 g/mol. The monoisotopic (exact) mass is 264 g/mol. The van der Waals surface area contributed by atoms with E-state index in [9.17, 15) is 4.79 Å². The van der Waals surface area contributed by atoms with Gasteiger partial charge < -0.3 is 5.32 Å². The molecule has 1 N–H and O–H groups in total. The quantitative estimate of drug-likeness (QED) is 0.859. The van der Waals surface area contributed by atoms with E-state index in [-0.39, 0.29) is 5.91 Å². The van der Waals surface area contributed by atoms with E-state index in [1.807, 2.05) is 14.0 Å². The molecule has 2 aromatic heterocycles. The fourth-order valence-corrected chi connectivity index (χ4v) is 1.71. The van der Waals surface area contributed by atoms with Gasteiger partial charge in [0, 0.05) is 36.6 Å². The van der Waals surface area contributed by atoms with Crippen LogP contribution in [0.5, 0.6) is 0 Å². The number of amides is 1. The molecule has 2 rings (SSSR count). The molecule has 0 aliphatic rings. The summed E-state index contributed by atoms with van der Waals surface area (Å²) in [7, 11) is 1.86. The zero-order valence-corrected chi connectivity index (χ0v) is 10.9. The van der Waals surface area contributed by atoms with Crippen LogP contribution in [0.25, 0.3) is 0 Å². The molecule has 5 nitrogen and oxygen atoms in total. The highest BCUT2D eigenvalue weighted by atomic mass is 35.5. The van der Waals surface area contributed by atoms with E-state index in [0.29, 0.717) is 17.3 Å². The lowest BCUT2D eigenvalue weighted by molar-refractivity contribution is 0.0951. The topological polar surface area (TPSA) is 59.8 Å². The number of nitrogens with zero attached hydrogens (tertiary/aromatic N) is 3. The maximum atomic E-state index is 11.9. The summed E-state index contributed by atoms with van der Waals surface area (Å²) in [6.45, 7) is 2.40. The molecule has 0 aliphatic carbocycles. The van der Waals surface area contributed by atoms with Crippen LogP contribution in [0.2, 0.25) is 5.15 Å². The van der Waals surface area contributed by atoms with Gasteiger partial charge in [0.15, 0.2) is 0 Å². The van der Waals surface area contributed by atoms with E-state index in [1.165, 1.54) is 12.3 Å². The lowest BCUT2D eigenvalue weighted by atomic mass is 10.2. The van der Waals surface area contributed by atoms with Gasteiger partial charge in [-0.3, -0.25) is 9.48 Å². The first-order chi connectivity index (χ1) is 8.58. The van der Waals surface area contributed by atoms with Crippen LogP contribution >= 0.6 is 11.6 Å². The molecule has 1 amide bonds. The molecule has 94 valence electrons. The van der Waals surface area contributed by atoms with Gasteiger partial charge in [-0.15, -0.1) is 0 Å². The average Bonchev–Trinajstić information content (AvgIpc) is 2.67. The second-order valence-electron chi connectivity index (χ2n) is 3.93. The van der Waals surface area contributed by atoms with Crippen LogP contribution in [-0.4, -0.2) is 20.7 Å². The summed E-state index contributed by atoms with van der Waals surface area (Å²) in [5, 5.41) is 7.24. The van der Waals surface area contributed by atoms with Gasteiger partial charge in [-0.25, -0.2) is 4.98 Å². The number of halogens is 1. The van der Waals surface area contributed by atoms with Gasteiger partial charge in [0.1, 0.15) is 5.15 Å². The summed E-state index contributed by atoms with van der Waals surface area (Å²) in [4.78, 5) is 15.7. The molecule has 0 aromatic carbocycles. The lowest BCUT2D eigenvalue weighted by Crippen LogP contribution is -2.23. The number of carbonyl (C=O) groups excluding carboxylic acids is 1. The van der Waals surface area contributed by atoms with Crippen LogP contribution in [0.1, 0.15) is 21.6 Å². The Balaban J connectivity index is 2.03. The summed E-state index contributed by atoms with van der Waals surface area (Å²) < 4.78 is 1.77. The molecule has 2 heterocycles. The highest BCUT2D eigenvalue weighted by Gasteiger charge is 2.08. The Bertz CT molecular complexity index is 579. The second kappa shape index (κ2) is 5.18. The summed E-state index contributed by atoms with van der Waals surface area (Å²) in [5.74, 6) is -0.178. The van der Waals surface area contributed by atoms with Crippen molar-refractivity contribution in [3.05, 3.63) is 46.5 Å². The number of hydrogen-bond acceptors (Lipinski definition) is 3. The van der Waals surface area contributed by atoms with Crippen molar-refractivity contribution in [1.82, 2.24) is 20.1 Å². The predicted octanol–water partition coefficient (Wildman–Crippen LogP) is 1.71. The molecule has 0 spiro atoms. The van der Waals surface area contributed by atoms with Crippen molar-refractivity contribution in [3.63, 3.8) is 0 Å². The lowest BCUT2D eigenvalue weighted by Gasteiger charge is -2.05. The Morgan fingerprint density at radius 1 is 1.56 bits per heavy atom. The molecular weight excluding hydrogens is 252 g/mol. The first kappa shape index (κ1) is 12.6. The Hall–Kier alpha value is -1.88.